The van der Waals surface area contributed by atoms with Gasteiger partial charge in [-0.05, 0) is 62.6 Å². The van der Waals surface area contributed by atoms with Gasteiger partial charge in [0.1, 0.15) is 5.75 Å². The molecule has 1 aliphatic heterocycles. The minimum absolute atomic E-state index is 0.0915. The lowest BCUT2D eigenvalue weighted by molar-refractivity contribution is -0.137. The quantitative estimate of drug-likeness (QED) is 0.430. The summed E-state index contributed by atoms with van der Waals surface area (Å²) < 4.78 is 52.8. The molecule has 6 nitrogen and oxygen atoms in total. The summed E-state index contributed by atoms with van der Waals surface area (Å²) >= 11 is 0. The largest absolute Gasteiger partial charge is 0.467 e. The summed E-state index contributed by atoms with van der Waals surface area (Å²) in [5, 5.41) is 8.99. The summed E-state index contributed by atoms with van der Waals surface area (Å²) in [6, 6.07) is 5.82. The van der Waals surface area contributed by atoms with Crippen LogP contribution in [0.2, 0.25) is 0 Å². The molecule has 0 spiro atoms. The first-order valence-electron chi connectivity index (χ1n) is 10.8. The summed E-state index contributed by atoms with van der Waals surface area (Å²) in [7, 11) is 0. The molecule has 2 aromatic heterocycles. The van der Waals surface area contributed by atoms with Gasteiger partial charge in [-0.2, -0.15) is 18.3 Å². The summed E-state index contributed by atoms with van der Waals surface area (Å²) in [5.41, 5.74) is 1.56. The summed E-state index contributed by atoms with van der Waals surface area (Å²) in [6.07, 6.45) is -1.26. The molecule has 1 saturated heterocycles. The van der Waals surface area contributed by atoms with Crippen molar-refractivity contribution in [2.75, 3.05) is 26.5 Å². The van der Waals surface area contributed by atoms with Crippen LogP contribution in [0.25, 0.3) is 22.3 Å². The molecule has 2 atom stereocenters. The fourth-order valence-corrected chi connectivity index (χ4v) is 4.72. The van der Waals surface area contributed by atoms with E-state index in [1.165, 1.54) is 6.42 Å². The number of benzene rings is 1. The molecule has 3 heterocycles. The molecule has 1 aliphatic carbocycles. The zero-order chi connectivity index (χ0) is 22.5. The molecule has 1 unspecified atom stereocenters. The number of ether oxygens (including phenoxy) is 2. The van der Waals surface area contributed by atoms with Gasteiger partial charge in [-0.1, -0.05) is 0 Å². The Bertz CT molecular complexity index is 1160. The normalized spacial score (nSPS) is 22.3. The molecule has 3 aromatic rings. The summed E-state index contributed by atoms with van der Waals surface area (Å²) in [4.78, 5) is 4.67. The van der Waals surface area contributed by atoms with Gasteiger partial charge in [0, 0.05) is 42.3 Å². The molecule has 1 aromatic carbocycles. The molecule has 1 saturated carbocycles. The maximum absolute atomic E-state index is 13.4. The molecule has 5 rings (SSSR count). The van der Waals surface area contributed by atoms with Gasteiger partial charge in [0.15, 0.2) is 12.4 Å². The van der Waals surface area contributed by atoms with Crippen LogP contribution in [0.4, 0.5) is 13.2 Å². The Kier molecular flexibility index (Phi) is 5.13. The van der Waals surface area contributed by atoms with E-state index in [0.717, 1.165) is 43.1 Å². The maximum Gasteiger partial charge on any atom is 0.416 e. The highest BCUT2D eigenvalue weighted by molar-refractivity contribution is 5.80. The molecule has 32 heavy (non-hydrogen) atoms. The van der Waals surface area contributed by atoms with Crippen LogP contribution in [-0.2, 0) is 17.5 Å². The molecular formula is C23H25F3N4O2. The van der Waals surface area contributed by atoms with Crippen LogP contribution < -0.4 is 10.1 Å². The Hall–Kier alpha value is -2.65. The van der Waals surface area contributed by atoms with Gasteiger partial charge in [0.25, 0.3) is 0 Å². The topological polar surface area (TPSA) is 61.2 Å². The zero-order valence-corrected chi connectivity index (χ0v) is 18.0. The van der Waals surface area contributed by atoms with Crippen LogP contribution in [0, 0.1) is 18.3 Å². The minimum Gasteiger partial charge on any atom is -0.467 e. The van der Waals surface area contributed by atoms with Crippen LogP contribution in [-0.4, -0.2) is 41.3 Å². The van der Waals surface area contributed by atoms with Crippen LogP contribution in [0.1, 0.15) is 24.5 Å². The number of alkyl halides is 3. The fourth-order valence-electron chi connectivity index (χ4n) is 4.72. The molecule has 2 fully saturated rings. The predicted molar refractivity (Wildman–Crippen MR) is 113 cm³/mol. The SMILES string of the molecule is CCOCOc1cc(C(F)(F)F)cc(C)c1-c1ccc2cn(C[C@@]34CNCC3C4)nc2n1. The zero-order valence-electron chi connectivity index (χ0n) is 18.0. The first kappa shape index (κ1) is 21.2. The van der Waals surface area contributed by atoms with E-state index in [2.05, 4.69) is 15.4 Å². The number of hydrogen-bond acceptors (Lipinski definition) is 5. The monoisotopic (exact) mass is 446 g/mol. The molecule has 1 N–H and O–H groups in total. The number of piperidine rings is 1. The van der Waals surface area contributed by atoms with Gasteiger partial charge in [-0.25, -0.2) is 4.98 Å². The number of pyridine rings is 1. The van der Waals surface area contributed by atoms with Crippen LogP contribution in [0.15, 0.2) is 30.5 Å². The smallest absolute Gasteiger partial charge is 0.416 e. The lowest BCUT2D eigenvalue weighted by Crippen LogP contribution is -2.20. The van der Waals surface area contributed by atoms with Crippen molar-refractivity contribution in [1.29, 1.82) is 0 Å². The van der Waals surface area contributed by atoms with Crippen LogP contribution >= 0.6 is 0 Å². The molecule has 9 heteroatoms. The van der Waals surface area contributed by atoms with E-state index < -0.39 is 11.7 Å². The lowest BCUT2D eigenvalue weighted by Gasteiger charge is -2.17. The van der Waals surface area contributed by atoms with E-state index in [1.807, 2.05) is 16.9 Å². The average molecular weight is 446 g/mol. The van der Waals surface area contributed by atoms with Crippen molar-refractivity contribution in [2.45, 2.75) is 33.0 Å². The second-order valence-corrected chi connectivity index (χ2v) is 8.75. The Morgan fingerprint density at radius 2 is 2.12 bits per heavy atom. The highest BCUT2D eigenvalue weighted by Gasteiger charge is 2.57. The maximum atomic E-state index is 13.4. The molecule has 170 valence electrons. The first-order valence-corrected chi connectivity index (χ1v) is 10.8. The highest BCUT2D eigenvalue weighted by atomic mass is 19.4. The van der Waals surface area contributed by atoms with Gasteiger partial charge in [-0.3, -0.25) is 4.68 Å². The number of halogens is 3. The van der Waals surface area contributed by atoms with Gasteiger partial charge in [0.05, 0.1) is 11.3 Å². The van der Waals surface area contributed by atoms with E-state index in [9.17, 15) is 13.2 Å². The third-order valence-electron chi connectivity index (χ3n) is 6.50. The van der Waals surface area contributed by atoms with E-state index in [4.69, 9.17) is 9.47 Å². The van der Waals surface area contributed by atoms with Crippen molar-refractivity contribution >= 4 is 11.0 Å². The summed E-state index contributed by atoms with van der Waals surface area (Å²) in [5.74, 6) is 0.812. The average Bonchev–Trinajstić information content (AvgIpc) is 3.05. The number of aromatic nitrogens is 3. The third kappa shape index (κ3) is 3.84. The standard InChI is InChI=1S/C23H25F3N4O2/c1-3-31-13-32-19-7-16(23(24,25)26)6-14(2)20(19)18-5-4-15-10-30(29-21(15)28-18)12-22-8-17(22)9-27-11-22/h4-7,10,17,27H,3,8-9,11-13H2,1-2H3/t17?,22-/m1/s1. The van der Waals surface area contributed by atoms with Crippen LogP contribution in [0.5, 0.6) is 5.75 Å². The fraction of sp³-hybridized carbons (Fsp3) is 0.478. The van der Waals surface area contributed by atoms with Crippen molar-refractivity contribution in [3.8, 4) is 17.0 Å². The van der Waals surface area contributed by atoms with E-state index in [-0.39, 0.29) is 12.5 Å². The molecular weight excluding hydrogens is 421 g/mol. The molecule has 2 aliphatic rings. The van der Waals surface area contributed by atoms with Gasteiger partial charge in [0.2, 0.25) is 0 Å². The first-order chi connectivity index (χ1) is 15.3. The van der Waals surface area contributed by atoms with E-state index in [1.54, 1.807) is 19.9 Å². The van der Waals surface area contributed by atoms with Crippen molar-refractivity contribution in [3.05, 3.63) is 41.6 Å². The van der Waals surface area contributed by atoms with Crippen molar-refractivity contribution in [1.82, 2.24) is 20.1 Å². The lowest BCUT2D eigenvalue weighted by atomic mass is 10.00. The van der Waals surface area contributed by atoms with Crippen molar-refractivity contribution in [2.24, 2.45) is 11.3 Å². The Morgan fingerprint density at radius 3 is 2.81 bits per heavy atom. The number of nitrogens with one attached hydrogen (secondary N) is 1. The Morgan fingerprint density at radius 1 is 1.28 bits per heavy atom. The van der Waals surface area contributed by atoms with Crippen molar-refractivity contribution < 1.29 is 22.6 Å². The second kappa shape index (κ2) is 7.74. The number of nitrogens with zero attached hydrogens (tertiary/aromatic N) is 3. The number of rotatable bonds is 7. The molecule has 0 radical (unpaired) electrons. The molecule has 0 bridgehead atoms. The van der Waals surface area contributed by atoms with E-state index >= 15 is 0 Å². The number of fused-ring (bicyclic) bond motifs is 2. The van der Waals surface area contributed by atoms with Gasteiger partial charge >= 0.3 is 6.18 Å². The third-order valence-corrected chi connectivity index (χ3v) is 6.50. The second-order valence-electron chi connectivity index (χ2n) is 8.75. The minimum atomic E-state index is -4.47. The predicted octanol–water partition coefficient (Wildman–Crippen LogP) is 4.41. The number of aryl methyl sites for hydroxylation is 1. The summed E-state index contributed by atoms with van der Waals surface area (Å²) in [6.45, 7) is 6.60. The highest BCUT2D eigenvalue weighted by Crippen LogP contribution is 2.55. The van der Waals surface area contributed by atoms with Gasteiger partial charge in [-0.15, -0.1) is 0 Å². The van der Waals surface area contributed by atoms with Crippen molar-refractivity contribution in [3.63, 3.8) is 0 Å². The number of hydrogen-bond donors (Lipinski definition) is 1. The Balaban J connectivity index is 1.50. The van der Waals surface area contributed by atoms with Gasteiger partial charge < -0.3 is 14.8 Å². The molecule has 0 amide bonds. The van der Waals surface area contributed by atoms with E-state index in [0.29, 0.717) is 34.5 Å². The van der Waals surface area contributed by atoms with Crippen LogP contribution in [0.3, 0.4) is 0 Å². The Labute approximate surface area is 183 Å².